The summed E-state index contributed by atoms with van der Waals surface area (Å²) in [5.74, 6) is -0.491. The van der Waals surface area contributed by atoms with E-state index >= 15 is 0 Å². The van der Waals surface area contributed by atoms with Gasteiger partial charge in [0.1, 0.15) is 11.1 Å². The summed E-state index contributed by atoms with van der Waals surface area (Å²) in [4.78, 5) is 28.9. The lowest BCUT2D eigenvalue weighted by atomic mass is 10.1. The van der Waals surface area contributed by atoms with Crippen molar-refractivity contribution in [3.05, 3.63) is 69.5 Å². The van der Waals surface area contributed by atoms with Gasteiger partial charge in [0.2, 0.25) is 0 Å². The molecule has 0 saturated heterocycles. The zero-order valence-corrected chi connectivity index (χ0v) is 13.5. The zero-order chi connectivity index (χ0) is 16.7. The Kier molecular flexibility index (Phi) is 3.39. The summed E-state index contributed by atoms with van der Waals surface area (Å²) in [5.41, 5.74) is 1.29. The maximum atomic E-state index is 12.4. The first-order valence-electron chi connectivity index (χ1n) is 7.31. The van der Waals surface area contributed by atoms with E-state index in [9.17, 15) is 9.59 Å². The topological polar surface area (TPSA) is 72.2 Å². The fourth-order valence-corrected chi connectivity index (χ4v) is 3.40. The van der Waals surface area contributed by atoms with Crippen molar-refractivity contribution in [1.82, 2.24) is 4.98 Å². The van der Waals surface area contributed by atoms with Gasteiger partial charge in [0.05, 0.1) is 15.2 Å². The highest BCUT2D eigenvalue weighted by molar-refractivity contribution is 7.18. The average Bonchev–Trinajstić information content (AvgIpc) is 2.93. The number of rotatable bonds is 2. The van der Waals surface area contributed by atoms with E-state index in [2.05, 4.69) is 10.3 Å². The standard InChI is InChI=1S/C18H12N2O3S/c1-10-19-14-7-6-12(9-16(14)24-10)20-17(21)13-8-11-4-2-3-5-15(11)23-18(13)22/h2-9H,1H3,(H,20,21). The quantitative estimate of drug-likeness (QED) is 0.562. The molecular formula is C18H12N2O3S. The maximum absolute atomic E-state index is 12.4. The molecule has 0 saturated carbocycles. The first-order valence-corrected chi connectivity index (χ1v) is 8.13. The van der Waals surface area contributed by atoms with Crippen LogP contribution in [0.1, 0.15) is 15.4 Å². The van der Waals surface area contributed by atoms with Gasteiger partial charge in [-0.3, -0.25) is 4.79 Å². The monoisotopic (exact) mass is 336 g/mol. The number of anilines is 1. The summed E-state index contributed by atoms with van der Waals surface area (Å²) in [7, 11) is 0. The van der Waals surface area contributed by atoms with Crippen LogP contribution in [0.5, 0.6) is 0 Å². The largest absolute Gasteiger partial charge is 0.422 e. The number of aromatic nitrogens is 1. The highest BCUT2D eigenvalue weighted by Gasteiger charge is 2.14. The van der Waals surface area contributed by atoms with Gasteiger partial charge in [0, 0.05) is 11.1 Å². The van der Waals surface area contributed by atoms with E-state index in [1.165, 1.54) is 0 Å². The van der Waals surface area contributed by atoms with E-state index in [0.29, 0.717) is 16.7 Å². The van der Waals surface area contributed by atoms with E-state index in [-0.39, 0.29) is 5.56 Å². The number of nitrogens with one attached hydrogen (secondary N) is 1. The Balaban J connectivity index is 1.70. The molecule has 118 valence electrons. The molecular weight excluding hydrogens is 324 g/mol. The normalized spacial score (nSPS) is 11.0. The molecule has 0 fully saturated rings. The summed E-state index contributed by atoms with van der Waals surface area (Å²) in [6, 6.07) is 14.1. The fraction of sp³-hybridized carbons (Fsp3) is 0.0556. The molecule has 2 aromatic heterocycles. The number of hydrogen-bond donors (Lipinski definition) is 1. The van der Waals surface area contributed by atoms with E-state index in [1.807, 2.05) is 25.1 Å². The van der Waals surface area contributed by atoms with Crippen LogP contribution in [0.15, 0.2) is 57.7 Å². The minimum atomic E-state index is -0.652. The molecule has 1 N–H and O–H groups in total. The van der Waals surface area contributed by atoms with Crippen molar-refractivity contribution in [3.63, 3.8) is 0 Å². The van der Waals surface area contributed by atoms with Crippen LogP contribution in [0, 0.1) is 6.92 Å². The van der Waals surface area contributed by atoms with Crippen LogP contribution in [0.25, 0.3) is 21.2 Å². The minimum absolute atomic E-state index is 0.0192. The number of carbonyl (C=O) groups is 1. The number of benzene rings is 2. The molecule has 0 aliphatic heterocycles. The van der Waals surface area contributed by atoms with Crippen molar-refractivity contribution < 1.29 is 9.21 Å². The molecule has 0 bridgehead atoms. The lowest BCUT2D eigenvalue weighted by Gasteiger charge is -2.05. The van der Waals surface area contributed by atoms with Crippen LogP contribution in [-0.2, 0) is 0 Å². The molecule has 0 unspecified atom stereocenters. The predicted octanol–water partition coefficient (Wildman–Crippen LogP) is 3.96. The van der Waals surface area contributed by atoms with Gasteiger partial charge in [0.15, 0.2) is 0 Å². The number of nitrogens with zero attached hydrogens (tertiary/aromatic N) is 1. The number of para-hydroxylation sites is 1. The third-order valence-corrected chi connectivity index (χ3v) is 4.57. The molecule has 5 nitrogen and oxygen atoms in total. The summed E-state index contributed by atoms with van der Waals surface area (Å²) >= 11 is 1.55. The average molecular weight is 336 g/mol. The van der Waals surface area contributed by atoms with Gasteiger partial charge in [-0.05, 0) is 37.3 Å². The Bertz CT molecular complexity index is 1140. The van der Waals surface area contributed by atoms with Crippen LogP contribution in [0.4, 0.5) is 5.69 Å². The summed E-state index contributed by atoms with van der Waals surface area (Å²) in [6.45, 7) is 1.93. The Morgan fingerprint density at radius 2 is 2.00 bits per heavy atom. The number of thiazole rings is 1. The highest BCUT2D eigenvalue weighted by Crippen LogP contribution is 2.25. The van der Waals surface area contributed by atoms with Crippen molar-refractivity contribution in [1.29, 1.82) is 0 Å². The van der Waals surface area contributed by atoms with Gasteiger partial charge in [-0.25, -0.2) is 9.78 Å². The van der Waals surface area contributed by atoms with Crippen LogP contribution >= 0.6 is 11.3 Å². The van der Waals surface area contributed by atoms with Gasteiger partial charge < -0.3 is 9.73 Å². The van der Waals surface area contributed by atoms with Crippen molar-refractivity contribution in [2.75, 3.05) is 5.32 Å². The Morgan fingerprint density at radius 1 is 1.17 bits per heavy atom. The second kappa shape index (κ2) is 5.58. The first kappa shape index (κ1) is 14.6. The number of carbonyl (C=O) groups excluding carboxylic acids is 1. The zero-order valence-electron chi connectivity index (χ0n) is 12.7. The van der Waals surface area contributed by atoms with E-state index in [4.69, 9.17) is 4.42 Å². The molecule has 4 aromatic rings. The molecule has 0 spiro atoms. The molecule has 0 radical (unpaired) electrons. The predicted molar refractivity (Wildman–Crippen MR) is 94.8 cm³/mol. The van der Waals surface area contributed by atoms with E-state index in [1.54, 1.807) is 41.7 Å². The molecule has 1 amide bonds. The van der Waals surface area contributed by atoms with E-state index < -0.39 is 11.5 Å². The van der Waals surface area contributed by atoms with Crippen LogP contribution < -0.4 is 10.9 Å². The Morgan fingerprint density at radius 3 is 2.88 bits per heavy atom. The molecule has 2 heterocycles. The van der Waals surface area contributed by atoms with Crippen LogP contribution in [-0.4, -0.2) is 10.9 Å². The number of aryl methyl sites for hydroxylation is 1. The SMILES string of the molecule is Cc1nc2ccc(NC(=O)c3cc4ccccc4oc3=O)cc2s1. The maximum Gasteiger partial charge on any atom is 0.349 e. The fourth-order valence-electron chi connectivity index (χ4n) is 2.54. The van der Waals surface area contributed by atoms with Crippen LogP contribution in [0.3, 0.4) is 0 Å². The lowest BCUT2D eigenvalue weighted by Crippen LogP contribution is -2.20. The second-order valence-corrected chi connectivity index (χ2v) is 6.59. The summed E-state index contributed by atoms with van der Waals surface area (Å²) < 4.78 is 6.18. The summed E-state index contributed by atoms with van der Waals surface area (Å²) in [5, 5.41) is 4.41. The van der Waals surface area contributed by atoms with Gasteiger partial charge in [-0.2, -0.15) is 0 Å². The molecule has 0 aliphatic rings. The third-order valence-electron chi connectivity index (χ3n) is 3.64. The van der Waals surface area contributed by atoms with Crippen molar-refractivity contribution in [2.24, 2.45) is 0 Å². The first-order chi connectivity index (χ1) is 11.6. The third kappa shape index (κ3) is 2.57. The molecule has 0 atom stereocenters. The molecule has 4 rings (SSSR count). The highest BCUT2D eigenvalue weighted by atomic mass is 32.1. The van der Waals surface area contributed by atoms with Gasteiger partial charge >= 0.3 is 5.63 Å². The Labute approximate surface area is 140 Å². The van der Waals surface area contributed by atoms with Crippen molar-refractivity contribution >= 4 is 44.1 Å². The smallest absolute Gasteiger partial charge is 0.349 e. The van der Waals surface area contributed by atoms with Gasteiger partial charge in [-0.1, -0.05) is 18.2 Å². The van der Waals surface area contributed by atoms with E-state index in [0.717, 1.165) is 15.2 Å². The van der Waals surface area contributed by atoms with Crippen molar-refractivity contribution in [2.45, 2.75) is 6.92 Å². The molecule has 0 aliphatic carbocycles. The molecule has 6 heteroatoms. The van der Waals surface area contributed by atoms with Gasteiger partial charge in [0.25, 0.3) is 5.91 Å². The lowest BCUT2D eigenvalue weighted by molar-refractivity contribution is 0.102. The van der Waals surface area contributed by atoms with Gasteiger partial charge in [-0.15, -0.1) is 11.3 Å². The number of amides is 1. The minimum Gasteiger partial charge on any atom is -0.422 e. The van der Waals surface area contributed by atoms with Crippen molar-refractivity contribution in [3.8, 4) is 0 Å². The van der Waals surface area contributed by atoms with Crippen LogP contribution in [0.2, 0.25) is 0 Å². The number of fused-ring (bicyclic) bond motifs is 2. The molecule has 2 aromatic carbocycles. The number of hydrogen-bond acceptors (Lipinski definition) is 5. The second-order valence-electron chi connectivity index (χ2n) is 5.35. The molecule has 24 heavy (non-hydrogen) atoms. The summed E-state index contributed by atoms with van der Waals surface area (Å²) in [6.07, 6.45) is 0. The Hall–Kier alpha value is -2.99.